The summed E-state index contributed by atoms with van der Waals surface area (Å²) in [4.78, 5) is 0. The Balaban J connectivity index is 2.23. The van der Waals surface area contributed by atoms with Crippen molar-refractivity contribution in [3.63, 3.8) is 0 Å². The van der Waals surface area contributed by atoms with Crippen molar-refractivity contribution in [3.05, 3.63) is 47.0 Å². The van der Waals surface area contributed by atoms with Crippen LogP contribution in [0.25, 0.3) is 0 Å². The predicted octanol–water partition coefficient (Wildman–Crippen LogP) is 1.49. The van der Waals surface area contributed by atoms with Gasteiger partial charge in [-0.15, -0.1) is 5.10 Å². The molecule has 0 aliphatic heterocycles. The van der Waals surface area contributed by atoms with E-state index in [0.29, 0.717) is 13.1 Å². The first-order valence-electron chi connectivity index (χ1n) is 5.60. The lowest BCUT2D eigenvalue weighted by molar-refractivity contribution is 0.612. The van der Waals surface area contributed by atoms with Crippen LogP contribution in [-0.4, -0.2) is 15.0 Å². The van der Waals surface area contributed by atoms with Gasteiger partial charge >= 0.3 is 0 Å². The molecule has 1 aromatic heterocycles. The molecule has 0 unspecified atom stereocenters. The fraction of sp³-hybridized carbons (Fsp3) is 0.333. The molecule has 2 aromatic rings. The van der Waals surface area contributed by atoms with Crippen LogP contribution in [0.3, 0.4) is 0 Å². The van der Waals surface area contributed by atoms with Crippen LogP contribution in [0.4, 0.5) is 4.39 Å². The molecule has 0 bridgehead atoms. The molecule has 2 rings (SSSR count). The summed E-state index contributed by atoms with van der Waals surface area (Å²) in [6, 6.07) is 6.39. The van der Waals surface area contributed by atoms with Crippen LogP contribution in [0.5, 0.6) is 0 Å². The fourth-order valence-corrected chi connectivity index (χ4v) is 1.80. The second-order valence-corrected chi connectivity index (χ2v) is 3.82. The highest BCUT2D eigenvalue weighted by Gasteiger charge is 2.09. The summed E-state index contributed by atoms with van der Waals surface area (Å²) in [6.07, 6.45) is 0.834. The minimum Gasteiger partial charge on any atom is -0.325 e. The van der Waals surface area contributed by atoms with E-state index in [4.69, 9.17) is 5.73 Å². The minimum absolute atomic E-state index is 0.231. The molecule has 0 aliphatic carbocycles. The van der Waals surface area contributed by atoms with E-state index in [1.165, 1.54) is 12.1 Å². The van der Waals surface area contributed by atoms with Gasteiger partial charge in [-0.05, 0) is 24.1 Å². The van der Waals surface area contributed by atoms with Crippen LogP contribution in [0.15, 0.2) is 24.3 Å². The molecule has 0 fully saturated rings. The Labute approximate surface area is 99.2 Å². The third-order valence-corrected chi connectivity index (χ3v) is 2.69. The van der Waals surface area contributed by atoms with E-state index < -0.39 is 0 Å². The standard InChI is InChI=1S/C12H15FN4/c1-2-12-11(7-14)15-16-17(12)8-9-3-5-10(13)6-4-9/h3-6H,2,7-8,14H2,1H3. The Kier molecular flexibility index (Phi) is 3.49. The van der Waals surface area contributed by atoms with Crippen LogP contribution >= 0.6 is 0 Å². The molecule has 0 atom stereocenters. The molecule has 0 spiro atoms. The van der Waals surface area contributed by atoms with Gasteiger partial charge in [-0.3, -0.25) is 0 Å². The van der Waals surface area contributed by atoms with Gasteiger partial charge in [0.2, 0.25) is 0 Å². The van der Waals surface area contributed by atoms with E-state index in [1.54, 1.807) is 12.1 Å². The Morgan fingerprint density at radius 1 is 1.29 bits per heavy atom. The van der Waals surface area contributed by atoms with Crippen molar-refractivity contribution in [1.82, 2.24) is 15.0 Å². The maximum Gasteiger partial charge on any atom is 0.123 e. The van der Waals surface area contributed by atoms with E-state index >= 15 is 0 Å². The quantitative estimate of drug-likeness (QED) is 0.871. The molecule has 17 heavy (non-hydrogen) atoms. The van der Waals surface area contributed by atoms with Crippen LogP contribution in [0, 0.1) is 5.82 Å². The summed E-state index contributed by atoms with van der Waals surface area (Å²) in [6.45, 7) is 3.03. The van der Waals surface area contributed by atoms with E-state index in [2.05, 4.69) is 10.3 Å². The summed E-state index contributed by atoms with van der Waals surface area (Å²) in [5, 5.41) is 8.10. The zero-order valence-corrected chi connectivity index (χ0v) is 9.73. The largest absolute Gasteiger partial charge is 0.325 e. The smallest absolute Gasteiger partial charge is 0.123 e. The van der Waals surface area contributed by atoms with Crippen LogP contribution in [-0.2, 0) is 19.5 Å². The number of hydrogen-bond donors (Lipinski definition) is 1. The summed E-state index contributed by atoms with van der Waals surface area (Å²) < 4.78 is 14.6. The lowest BCUT2D eigenvalue weighted by Gasteiger charge is -2.05. The fourth-order valence-electron chi connectivity index (χ4n) is 1.80. The molecule has 0 amide bonds. The van der Waals surface area contributed by atoms with Gasteiger partial charge < -0.3 is 5.73 Å². The average Bonchev–Trinajstić information content (AvgIpc) is 2.74. The maximum absolute atomic E-state index is 12.8. The molecular weight excluding hydrogens is 219 g/mol. The van der Waals surface area contributed by atoms with E-state index in [1.807, 2.05) is 11.6 Å². The van der Waals surface area contributed by atoms with Crippen LogP contribution in [0.2, 0.25) is 0 Å². The second kappa shape index (κ2) is 5.05. The SMILES string of the molecule is CCc1c(CN)nnn1Cc1ccc(F)cc1. The van der Waals surface area contributed by atoms with Crippen molar-refractivity contribution >= 4 is 0 Å². The molecule has 0 aliphatic rings. The van der Waals surface area contributed by atoms with Gasteiger partial charge in [0.15, 0.2) is 0 Å². The maximum atomic E-state index is 12.8. The highest BCUT2D eigenvalue weighted by Crippen LogP contribution is 2.10. The Morgan fingerprint density at radius 2 is 2.00 bits per heavy atom. The highest BCUT2D eigenvalue weighted by molar-refractivity contribution is 5.18. The van der Waals surface area contributed by atoms with Gasteiger partial charge in [0.25, 0.3) is 0 Å². The third-order valence-electron chi connectivity index (χ3n) is 2.69. The molecule has 1 aromatic carbocycles. The zero-order valence-electron chi connectivity index (χ0n) is 9.73. The minimum atomic E-state index is -0.231. The molecule has 4 nitrogen and oxygen atoms in total. The van der Waals surface area contributed by atoms with Gasteiger partial charge in [0.1, 0.15) is 5.82 Å². The van der Waals surface area contributed by atoms with E-state index in [0.717, 1.165) is 23.4 Å². The Morgan fingerprint density at radius 3 is 2.59 bits per heavy atom. The lowest BCUT2D eigenvalue weighted by Crippen LogP contribution is -2.08. The average molecular weight is 234 g/mol. The van der Waals surface area contributed by atoms with Gasteiger partial charge in [-0.25, -0.2) is 9.07 Å². The molecule has 0 saturated carbocycles. The first-order valence-corrected chi connectivity index (χ1v) is 5.60. The van der Waals surface area contributed by atoms with Crippen molar-refractivity contribution in [3.8, 4) is 0 Å². The van der Waals surface area contributed by atoms with Crippen molar-refractivity contribution in [2.24, 2.45) is 5.73 Å². The zero-order chi connectivity index (χ0) is 12.3. The number of aromatic nitrogens is 3. The molecule has 2 N–H and O–H groups in total. The molecule has 5 heteroatoms. The number of halogens is 1. The Bertz CT molecular complexity index is 490. The molecule has 0 radical (unpaired) electrons. The highest BCUT2D eigenvalue weighted by atomic mass is 19.1. The van der Waals surface area contributed by atoms with Crippen LogP contribution in [0.1, 0.15) is 23.9 Å². The van der Waals surface area contributed by atoms with Crippen molar-refractivity contribution in [2.75, 3.05) is 0 Å². The van der Waals surface area contributed by atoms with Crippen molar-refractivity contribution < 1.29 is 4.39 Å². The number of rotatable bonds is 4. The summed E-state index contributed by atoms with van der Waals surface area (Å²) >= 11 is 0. The molecular formula is C12H15FN4. The van der Waals surface area contributed by atoms with Gasteiger partial charge in [0, 0.05) is 6.54 Å². The lowest BCUT2D eigenvalue weighted by atomic mass is 10.2. The third kappa shape index (κ3) is 2.50. The predicted molar refractivity (Wildman–Crippen MR) is 62.8 cm³/mol. The summed E-state index contributed by atoms with van der Waals surface area (Å²) in [5.41, 5.74) is 8.45. The Hall–Kier alpha value is -1.75. The van der Waals surface area contributed by atoms with Gasteiger partial charge in [-0.1, -0.05) is 24.3 Å². The first kappa shape index (κ1) is 11.7. The first-order chi connectivity index (χ1) is 8.24. The normalized spacial score (nSPS) is 10.8. The van der Waals surface area contributed by atoms with Gasteiger partial charge in [-0.2, -0.15) is 0 Å². The second-order valence-electron chi connectivity index (χ2n) is 3.82. The number of benzene rings is 1. The van der Waals surface area contributed by atoms with Crippen molar-refractivity contribution in [2.45, 2.75) is 26.4 Å². The monoisotopic (exact) mass is 234 g/mol. The van der Waals surface area contributed by atoms with E-state index in [-0.39, 0.29) is 5.82 Å². The molecule has 90 valence electrons. The van der Waals surface area contributed by atoms with Gasteiger partial charge in [0.05, 0.1) is 17.9 Å². The van der Waals surface area contributed by atoms with Crippen LogP contribution < -0.4 is 5.73 Å². The molecule has 0 saturated heterocycles. The number of nitrogens with zero attached hydrogens (tertiary/aromatic N) is 3. The molecule has 1 heterocycles. The van der Waals surface area contributed by atoms with E-state index in [9.17, 15) is 4.39 Å². The number of hydrogen-bond acceptors (Lipinski definition) is 3. The van der Waals surface area contributed by atoms with Crippen molar-refractivity contribution in [1.29, 1.82) is 0 Å². The summed E-state index contributed by atoms with van der Waals surface area (Å²) in [7, 11) is 0. The summed E-state index contributed by atoms with van der Waals surface area (Å²) in [5.74, 6) is -0.231. The number of nitrogens with two attached hydrogens (primary N) is 1. The topological polar surface area (TPSA) is 56.7 Å².